The van der Waals surface area contributed by atoms with E-state index in [1.807, 2.05) is 0 Å². The maximum Gasteiger partial charge on any atom is 0.335 e. The molecule has 0 aromatic heterocycles. The lowest BCUT2D eigenvalue weighted by Gasteiger charge is -2.39. The summed E-state index contributed by atoms with van der Waals surface area (Å²) in [7, 11) is 0. The molecule has 0 spiro atoms. The molecule has 0 bridgehead atoms. The van der Waals surface area contributed by atoms with Crippen LogP contribution in [-0.2, 0) is 19.1 Å². The molecular weight excluding hydrogens is 292 g/mol. The highest BCUT2D eigenvalue weighted by Gasteiger charge is 2.49. The van der Waals surface area contributed by atoms with Crippen molar-refractivity contribution >= 4 is 11.9 Å². The molecule has 6 N–H and O–H groups in total. The molecule has 0 saturated carbocycles. The van der Waals surface area contributed by atoms with Gasteiger partial charge in [-0.1, -0.05) is 0 Å². The summed E-state index contributed by atoms with van der Waals surface area (Å²) >= 11 is 0. The highest BCUT2D eigenvalue weighted by Crippen LogP contribution is 2.25. The number of aliphatic carboxylic acids is 1. The van der Waals surface area contributed by atoms with E-state index in [2.05, 4.69) is 4.74 Å². The van der Waals surface area contributed by atoms with Crippen molar-refractivity contribution in [2.24, 2.45) is 5.41 Å². The molecule has 0 radical (unpaired) electrons. The molecular formula is C11H18O10. The van der Waals surface area contributed by atoms with Crippen LogP contribution in [0.2, 0.25) is 0 Å². The van der Waals surface area contributed by atoms with Crippen LogP contribution in [0.15, 0.2) is 0 Å². The van der Waals surface area contributed by atoms with Crippen LogP contribution in [0.25, 0.3) is 0 Å². The number of aliphatic hydroxyl groups is 5. The number of esters is 1. The van der Waals surface area contributed by atoms with Crippen LogP contribution < -0.4 is 0 Å². The van der Waals surface area contributed by atoms with Gasteiger partial charge in [0, 0.05) is 0 Å². The summed E-state index contributed by atoms with van der Waals surface area (Å²) in [5, 5.41) is 55.5. The van der Waals surface area contributed by atoms with Gasteiger partial charge in [0.15, 0.2) is 6.10 Å². The van der Waals surface area contributed by atoms with Gasteiger partial charge in [-0.3, -0.25) is 4.79 Å². The highest BCUT2D eigenvalue weighted by atomic mass is 16.7. The minimum Gasteiger partial charge on any atom is -0.479 e. The Kier molecular flexibility index (Phi) is 5.61. The molecule has 1 fully saturated rings. The quantitative estimate of drug-likeness (QED) is 0.278. The Morgan fingerprint density at radius 3 is 2.05 bits per heavy atom. The topological polar surface area (TPSA) is 174 Å². The lowest BCUT2D eigenvalue weighted by molar-refractivity contribution is -0.289. The van der Waals surface area contributed by atoms with Crippen molar-refractivity contribution in [3.05, 3.63) is 0 Å². The van der Waals surface area contributed by atoms with Crippen LogP contribution in [0.5, 0.6) is 0 Å². The minimum atomic E-state index is -1.91. The third-order valence-electron chi connectivity index (χ3n) is 3.23. The maximum atomic E-state index is 11.8. The largest absolute Gasteiger partial charge is 0.479 e. The average molecular weight is 310 g/mol. The molecule has 1 aliphatic rings. The number of rotatable bonds is 5. The lowest BCUT2D eigenvalue weighted by atomic mass is 9.93. The van der Waals surface area contributed by atoms with Crippen LogP contribution in [0.1, 0.15) is 6.92 Å². The zero-order chi connectivity index (χ0) is 16.4. The van der Waals surface area contributed by atoms with Crippen LogP contribution in [-0.4, -0.2) is 86.5 Å². The first-order valence-corrected chi connectivity index (χ1v) is 6.03. The molecule has 10 heteroatoms. The van der Waals surface area contributed by atoms with Crippen molar-refractivity contribution in [3.63, 3.8) is 0 Å². The predicted octanol–water partition coefficient (Wildman–Crippen LogP) is -3.59. The van der Waals surface area contributed by atoms with E-state index in [1.165, 1.54) is 6.92 Å². The fraction of sp³-hybridized carbons (Fsp3) is 0.818. The van der Waals surface area contributed by atoms with E-state index < -0.39 is 61.3 Å². The van der Waals surface area contributed by atoms with Gasteiger partial charge in [0.2, 0.25) is 6.29 Å². The molecule has 0 aromatic rings. The molecule has 122 valence electrons. The first-order valence-electron chi connectivity index (χ1n) is 6.03. The Hall–Kier alpha value is -1.30. The SMILES string of the molecule is CC(CO)(CO)C(=O)OC1OC(C(=O)O)C(O)C(O)C1O. The summed E-state index contributed by atoms with van der Waals surface area (Å²) in [4.78, 5) is 22.6. The van der Waals surface area contributed by atoms with Crippen molar-refractivity contribution in [2.45, 2.75) is 37.6 Å². The third kappa shape index (κ3) is 3.48. The predicted molar refractivity (Wildman–Crippen MR) is 62.7 cm³/mol. The molecule has 1 heterocycles. The minimum absolute atomic E-state index is 0.765. The zero-order valence-electron chi connectivity index (χ0n) is 11.1. The summed E-state index contributed by atoms with van der Waals surface area (Å²) in [6.07, 6.45) is -9.48. The third-order valence-corrected chi connectivity index (χ3v) is 3.23. The van der Waals surface area contributed by atoms with Crippen molar-refractivity contribution in [2.75, 3.05) is 13.2 Å². The Labute approximate surface area is 119 Å². The monoisotopic (exact) mass is 310 g/mol. The second-order valence-corrected chi connectivity index (χ2v) is 5.02. The van der Waals surface area contributed by atoms with Crippen LogP contribution >= 0.6 is 0 Å². The lowest BCUT2D eigenvalue weighted by Crippen LogP contribution is -2.61. The van der Waals surface area contributed by atoms with Crippen LogP contribution in [0.4, 0.5) is 0 Å². The molecule has 1 saturated heterocycles. The summed E-state index contributed by atoms with van der Waals surface area (Å²) < 4.78 is 9.42. The fourth-order valence-electron chi connectivity index (χ4n) is 1.58. The van der Waals surface area contributed by atoms with Crippen molar-refractivity contribution in [1.82, 2.24) is 0 Å². The van der Waals surface area contributed by atoms with Crippen molar-refractivity contribution in [3.8, 4) is 0 Å². The van der Waals surface area contributed by atoms with E-state index >= 15 is 0 Å². The van der Waals surface area contributed by atoms with E-state index in [0.717, 1.165) is 0 Å². The number of carbonyl (C=O) groups is 2. The number of carboxylic acids is 1. The molecule has 10 nitrogen and oxygen atoms in total. The molecule has 0 aromatic carbocycles. The normalized spacial score (nSPS) is 33.5. The second kappa shape index (κ2) is 6.64. The Morgan fingerprint density at radius 1 is 1.10 bits per heavy atom. The van der Waals surface area contributed by atoms with Gasteiger partial charge in [-0.2, -0.15) is 0 Å². The van der Waals surface area contributed by atoms with Crippen LogP contribution in [0.3, 0.4) is 0 Å². The van der Waals surface area contributed by atoms with E-state index in [1.54, 1.807) is 0 Å². The zero-order valence-corrected chi connectivity index (χ0v) is 11.1. The van der Waals surface area contributed by atoms with Gasteiger partial charge in [-0.25, -0.2) is 4.79 Å². The second-order valence-electron chi connectivity index (χ2n) is 5.02. The number of aliphatic hydroxyl groups excluding tert-OH is 5. The van der Waals surface area contributed by atoms with Gasteiger partial charge in [0.05, 0.1) is 13.2 Å². The molecule has 21 heavy (non-hydrogen) atoms. The molecule has 1 aliphatic heterocycles. The molecule has 0 aliphatic carbocycles. The summed E-state index contributed by atoms with van der Waals surface area (Å²) in [5.74, 6) is -2.79. The fourth-order valence-corrected chi connectivity index (χ4v) is 1.58. The number of hydrogen-bond donors (Lipinski definition) is 6. The molecule has 0 amide bonds. The van der Waals surface area contributed by atoms with Gasteiger partial charge < -0.3 is 40.1 Å². The van der Waals surface area contributed by atoms with Gasteiger partial charge in [0.1, 0.15) is 23.7 Å². The Balaban J connectivity index is 2.87. The van der Waals surface area contributed by atoms with Crippen molar-refractivity contribution in [1.29, 1.82) is 0 Å². The maximum absolute atomic E-state index is 11.8. The van der Waals surface area contributed by atoms with Gasteiger partial charge in [-0.15, -0.1) is 0 Å². The Bertz CT molecular complexity index is 392. The number of hydrogen-bond acceptors (Lipinski definition) is 9. The summed E-state index contributed by atoms with van der Waals surface area (Å²) in [6, 6.07) is 0. The van der Waals surface area contributed by atoms with Gasteiger partial charge >= 0.3 is 11.9 Å². The smallest absolute Gasteiger partial charge is 0.335 e. The molecule has 5 atom stereocenters. The highest BCUT2D eigenvalue weighted by molar-refractivity contribution is 5.77. The first kappa shape index (κ1) is 17.8. The van der Waals surface area contributed by atoms with Crippen LogP contribution in [0, 0.1) is 5.41 Å². The van der Waals surface area contributed by atoms with E-state index in [9.17, 15) is 24.9 Å². The number of ether oxygens (including phenoxy) is 2. The Morgan fingerprint density at radius 2 is 1.62 bits per heavy atom. The van der Waals surface area contributed by atoms with Gasteiger partial charge in [0.25, 0.3) is 0 Å². The van der Waals surface area contributed by atoms with E-state index in [-0.39, 0.29) is 0 Å². The summed E-state index contributed by atoms with van der Waals surface area (Å²) in [6.45, 7) is -0.359. The van der Waals surface area contributed by atoms with Crippen molar-refractivity contribution < 1.29 is 49.7 Å². The average Bonchev–Trinajstić information content (AvgIpc) is 2.46. The first-order chi connectivity index (χ1) is 9.67. The van der Waals surface area contributed by atoms with E-state index in [4.69, 9.17) is 20.1 Å². The van der Waals surface area contributed by atoms with E-state index in [0.29, 0.717) is 0 Å². The standard InChI is InChI=1S/C11H18O10/c1-11(2-12,3-13)10(19)21-9-6(16)4(14)5(15)7(20-9)8(17)18/h4-7,9,12-16H,2-3H2,1H3,(H,17,18). The number of carbonyl (C=O) groups excluding carboxylic acids is 1. The molecule has 5 unspecified atom stereocenters. The number of carboxylic acid groups (broad SMARTS) is 1. The summed E-state index contributed by atoms with van der Waals surface area (Å²) in [5.41, 5.74) is -1.69. The van der Waals surface area contributed by atoms with Gasteiger partial charge in [-0.05, 0) is 6.92 Å². The molecule has 1 rings (SSSR count).